The van der Waals surface area contributed by atoms with Gasteiger partial charge in [0.05, 0.1) is 16.7 Å². The zero-order chi connectivity index (χ0) is 14.3. The van der Waals surface area contributed by atoms with Gasteiger partial charge in [-0.2, -0.15) is 0 Å². The van der Waals surface area contributed by atoms with Crippen LogP contribution in [0, 0.1) is 0 Å². The van der Waals surface area contributed by atoms with Gasteiger partial charge in [0.2, 0.25) is 0 Å². The van der Waals surface area contributed by atoms with Crippen molar-refractivity contribution < 1.29 is 9.84 Å². The third-order valence-electron chi connectivity index (χ3n) is 2.75. The largest absolute Gasteiger partial charge is 0.492 e. The predicted molar refractivity (Wildman–Crippen MR) is 82.5 cm³/mol. The first kappa shape index (κ1) is 16.5. The maximum absolute atomic E-state index is 9.70. The molecule has 0 aliphatic carbocycles. The SMILES string of the molecule is CCCNCc1cccc(Br)c1OCCC(C)(C)O. The van der Waals surface area contributed by atoms with Gasteiger partial charge in [0, 0.05) is 18.5 Å². The monoisotopic (exact) mass is 329 g/mol. The molecule has 0 unspecified atom stereocenters. The molecule has 0 aromatic heterocycles. The van der Waals surface area contributed by atoms with Crippen LogP contribution in [0.3, 0.4) is 0 Å². The molecule has 0 fully saturated rings. The van der Waals surface area contributed by atoms with Crippen LogP contribution in [-0.2, 0) is 6.54 Å². The first-order valence-corrected chi connectivity index (χ1v) is 7.56. The molecule has 0 saturated carbocycles. The molecule has 0 aliphatic rings. The number of aliphatic hydroxyl groups is 1. The lowest BCUT2D eigenvalue weighted by atomic mass is 10.1. The van der Waals surface area contributed by atoms with Crippen molar-refractivity contribution >= 4 is 15.9 Å². The number of ether oxygens (including phenoxy) is 1. The van der Waals surface area contributed by atoms with E-state index in [-0.39, 0.29) is 0 Å². The summed E-state index contributed by atoms with van der Waals surface area (Å²) in [5, 5.41) is 13.1. The Hall–Kier alpha value is -0.580. The highest BCUT2D eigenvalue weighted by Crippen LogP contribution is 2.29. The minimum Gasteiger partial charge on any atom is -0.492 e. The second-order valence-corrected chi connectivity index (χ2v) is 6.17. The topological polar surface area (TPSA) is 41.5 Å². The molecule has 0 saturated heterocycles. The minimum atomic E-state index is -0.693. The molecular formula is C15H24BrNO2. The Balaban J connectivity index is 2.63. The highest BCUT2D eigenvalue weighted by Gasteiger charge is 2.14. The summed E-state index contributed by atoms with van der Waals surface area (Å²) >= 11 is 3.52. The summed E-state index contributed by atoms with van der Waals surface area (Å²) in [6.45, 7) is 8.03. The Bertz CT molecular complexity index is 388. The summed E-state index contributed by atoms with van der Waals surface area (Å²) in [7, 11) is 0. The third kappa shape index (κ3) is 6.41. The third-order valence-corrected chi connectivity index (χ3v) is 3.38. The molecule has 108 valence electrons. The molecule has 4 heteroatoms. The molecule has 1 aromatic carbocycles. The first-order chi connectivity index (χ1) is 8.94. The molecule has 0 heterocycles. The summed E-state index contributed by atoms with van der Waals surface area (Å²) in [4.78, 5) is 0. The fraction of sp³-hybridized carbons (Fsp3) is 0.600. The Kier molecular flexibility index (Phi) is 6.83. The van der Waals surface area contributed by atoms with Crippen LogP contribution in [0.1, 0.15) is 39.2 Å². The van der Waals surface area contributed by atoms with Crippen molar-refractivity contribution in [1.82, 2.24) is 5.32 Å². The molecule has 0 amide bonds. The lowest BCUT2D eigenvalue weighted by Gasteiger charge is -2.19. The molecular weight excluding hydrogens is 306 g/mol. The van der Waals surface area contributed by atoms with Crippen molar-refractivity contribution in [3.8, 4) is 5.75 Å². The smallest absolute Gasteiger partial charge is 0.137 e. The fourth-order valence-electron chi connectivity index (χ4n) is 1.66. The van der Waals surface area contributed by atoms with Gasteiger partial charge in [-0.3, -0.25) is 0 Å². The molecule has 1 aromatic rings. The van der Waals surface area contributed by atoms with Crippen molar-refractivity contribution in [2.24, 2.45) is 0 Å². The van der Waals surface area contributed by atoms with Gasteiger partial charge in [-0.25, -0.2) is 0 Å². The lowest BCUT2D eigenvalue weighted by molar-refractivity contribution is 0.0551. The molecule has 19 heavy (non-hydrogen) atoms. The number of nitrogens with one attached hydrogen (secondary N) is 1. The highest BCUT2D eigenvalue weighted by atomic mass is 79.9. The molecule has 1 rings (SSSR count). The Morgan fingerprint density at radius 2 is 2.11 bits per heavy atom. The fourth-order valence-corrected chi connectivity index (χ4v) is 2.18. The van der Waals surface area contributed by atoms with E-state index < -0.39 is 5.60 Å². The number of halogens is 1. The summed E-state index contributed by atoms with van der Waals surface area (Å²) in [6, 6.07) is 6.05. The second kappa shape index (κ2) is 7.88. The average molecular weight is 330 g/mol. The quantitative estimate of drug-likeness (QED) is 0.717. The highest BCUT2D eigenvalue weighted by molar-refractivity contribution is 9.10. The number of para-hydroxylation sites is 1. The first-order valence-electron chi connectivity index (χ1n) is 6.77. The molecule has 3 nitrogen and oxygen atoms in total. The summed E-state index contributed by atoms with van der Waals surface area (Å²) in [5.74, 6) is 0.871. The van der Waals surface area contributed by atoms with E-state index in [9.17, 15) is 5.11 Å². The molecule has 0 spiro atoms. The van der Waals surface area contributed by atoms with Gasteiger partial charge >= 0.3 is 0 Å². The number of hydrogen-bond acceptors (Lipinski definition) is 3. The van der Waals surface area contributed by atoms with E-state index in [0.717, 1.165) is 35.3 Å². The van der Waals surface area contributed by atoms with Crippen molar-refractivity contribution in [3.05, 3.63) is 28.2 Å². The van der Waals surface area contributed by atoms with Gasteiger partial charge in [0.15, 0.2) is 0 Å². The van der Waals surface area contributed by atoms with E-state index in [4.69, 9.17) is 4.74 Å². The second-order valence-electron chi connectivity index (χ2n) is 5.32. The van der Waals surface area contributed by atoms with Crippen LogP contribution in [0.25, 0.3) is 0 Å². The molecule has 0 radical (unpaired) electrons. The van der Waals surface area contributed by atoms with Crippen LogP contribution in [0.15, 0.2) is 22.7 Å². The van der Waals surface area contributed by atoms with Crippen LogP contribution < -0.4 is 10.1 Å². The zero-order valence-corrected chi connectivity index (χ0v) is 13.6. The number of benzene rings is 1. The van der Waals surface area contributed by atoms with Crippen LogP contribution in [0.5, 0.6) is 5.75 Å². The molecule has 0 aliphatic heterocycles. The minimum absolute atomic E-state index is 0.507. The summed E-state index contributed by atoms with van der Waals surface area (Å²) in [5.41, 5.74) is 0.445. The number of hydrogen-bond donors (Lipinski definition) is 2. The van der Waals surface area contributed by atoms with Crippen molar-refractivity contribution in [2.45, 2.75) is 45.8 Å². The Morgan fingerprint density at radius 1 is 1.37 bits per heavy atom. The van der Waals surface area contributed by atoms with Gasteiger partial charge in [-0.15, -0.1) is 0 Å². The Morgan fingerprint density at radius 3 is 2.74 bits per heavy atom. The lowest BCUT2D eigenvalue weighted by Crippen LogP contribution is -2.22. The predicted octanol–water partition coefficient (Wildman–Crippen LogP) is 3.49. The summed E-state index contributed by atoms with van der Waals surface area (Å²) in [6.07, 6.45) is 1.72. The average Bonchev–Trinajstić information content (AvgIpc) is 2.31. The van der Waals surface area contributed by atoms with Crippen LogP contribution >= 0.6 is 15.9 Å². The molecule has 2 N–H and O–H groups in total. The summed E-state index contributed by atoms with van der Waals surface area (Å²) < 4.78 is 6.79. The molecule has 0 atom stereocenters. The maximum atomic E-state index is 9.70. The van der Waals surface area contributed by atoms with Gasteiger partial charge in [-0.1, -0.05) is 19.1 Å². The maximum Gasteiger partial charge on any atom is 0.137 e. The van der Waals surface area contributed by atoms with Crippen molar-refractivity contribution in [3.63, 3.8) is 0 Å². The normalized spacial score (nSPS) is 11.6. The standard InChI is InChI=1S/C15H24BrNO2/c1-4-9-17-11-12-6-5-7-13(16)14(12)19-10-8-15(2,3)18/h5-7,17-18H,4,8-11H2,1-3H3. The van der Waals surface area contributed by atoms with Crippen LogP contribution in [0.4, 0.5) is 0 Å². The Labute approximate surface area is 124 Å². The van der Waals surface area contributed by atoms with E-state index in [1.807, 2.05) is 12.1 Å². The van der Waals surface area contributed by atoms with Gasteiger partial charge < -0.3 is 15.2 Å². The number of rotatable bonds is 8. The van der Waals surface area contributed by atoms with E-state index in [1.165, 1.54) is 0 Å². The zero-order valence-electron chi connectivity index (χ0n) is 12.0. The van der Waals surface area contributed by atoms with E-state index >= 15 is 0 Å². The molecule has 0 bridgehead atoms. The van der Waals surface area contributed by atoms with E-state index in [2.05, 4.69) is 34.2 Å². The van der Waals surface area contributed by atoms with Gasteiger partial charge in [-0.05, 0) is 48.8 Å². The van der Waals surface area contributed by atoms with E-state index in [1.54, 1.807) is 13.8 Å². The van der Waals surface area contributed by atoms with Crippen molar-refractivity contribution in [1.29, 1.82) is 0 Å². The van der Waals surface area contributed by atoms with Crippen molar-refractivity contribution in [2.75, 3.05) is 13.2 Å². The van der Waals surface area contributed by atoms with E-state index in [0.29, 0.717) is 13.0 Å². The van der Waals surface area contributed by atoms with Gasteiger partial charge in [0.25, 0.3) is 0 Å². The van der Waals surface area contributed by atoms with Crippen LogP contribution in [-0.4, -0.2) is 23.9 Å². The van der Waals surface area contributed by atoms with Gasteiger partial charge in [0.1, 0.15) is 5.75 Å². The van der Waals surface area contributed by atoms with Crippen LogP contribution in [0.2, 0.25) is 0 Å².